The summed E-state index contributed by atoms with van der Waals surface area (Å²) < 4.78 is 10.4. The van der Waals surface area contributed by atoms with Crippen LogP contribution in [0.4, 0.5) is 0 Å². The summed E-state index contributed by atoms with van der Waals surface area (Å²) in [7, 11) is 0. The van der Waals surface area contributed by atoms with Gasteiger partial charge in [0.05, 0.1) is 13.2 Å². The topological polar surface area (TPSA) is 18.5 Å². The molecule has 2 heteroatoms. The summed E-state index contributed by atoms with van der Waals surface area (Å²) in [5.41, 5.74) is 0. The van der Waals surface area contributed by atoms with Crippen molar-refractivity contribution in [2.75, 3.05) is 20.0 Å². The molecule has 0 aromatic carbocycles. The van der Waals surface area contributed by atoms with Gasteiger partial charge in [-0.15, -0.1) is 0 Å². The lowest BCUT2D eigenvalue weighted by Gasteiger charge is -2.26. The third kappa shape index (κ3) is 1.96. The number of hydrogen-bond donors (Lipinski definition) is 0. The molecular formula is C8H16O2. The second-order valence-electron chi connectivity index (χ2n) is 3.01. The quantitative estimate of drug-likeness (QED) is 0.586. The molecule has 0 aromatic rings. The second kappa shape index (κ2) is 3.94. The molecule has 0 amide bonds. The van der Waals surface area contributed by atoms with E-state index < -0.39 is 0 Å². The molecular weight excluding hydrogens is 128 g/mol. The summed E-state index contributed by atoms with van der Waals surface area (Å²) >= 11 is 0. The van der Waals surface area contributed by atoms with E-state index in [9.17, 15) is 0 Å². The molecule has 0 aliphatic carbocycles. The fourth-order valence-corrected chi connectivity index (χ4v) is 1.17. The Labute approximate surface area is 62.5 Å². The minimum absolute atomic E-state index is 0.493. The zero-order valence-electron chi connectivity index (χ0n) is 6.80. The minimum Gasteiger partial charge on any atom is -0.355 e. The summed E-state index contributed by atoms with van der Waals surface area (Å²) in [5, 5.41) is 0. The second-order valence-corrected chi connectivity index (χ2v) is 3.01. The van der Waals surface area contributed by atoms with E-state index in [0.29, 0.717) is 12.7 Å². The standard InChI is InChI=1S/C8H16O2/c1-3-7(2)8-4-9-6-10-5-8/h7-8H,3-6H2,1-2H3. The van der Waals surface area contributed by atoms with Gasteiger partial charge in [-0.25, -0.2) is 0 Å². The van der Waals surface area contributed by atoms with E-state index in [2.05, 4.69) is 13.8 Å². The third-order valence-electron chi connectivity index (χ3n) is 2.28. The minimum atomic E-state index is 0.493. The van der Waals surface area contributed by atoms with Crippen molar-refractivity contribution in [1.82, 2.24) is 0 Å². The zero-order valence-corrected chi connectivity index (χ0v) is 6.80. The van der Waals surface area contributed by atoms with Crippen LogP contribution in [0.3, 0.4) is 0 Å². The Morgan fingerprint density at radius 1 is 1.40 bits per heavy atom. The predicted octanol–water partition coefficient (Wildman–Crippen LogP) is 1.65. The van der Waals surface area contributed by atoms with Gasteiger partial charge < -0.3 is 9.47 Å². The van der Waals surface area contributed by atoms with E-state index >= 15 is 0 Å². The summed E-state index contributed by atoms with van der Waals surface area (Å²) in [6.45, 7) is 6.72. The van der Waals surface area contributed by atoms with Crippen LogP contribution in [-0.4, -0.2) is 20.0 Å². The van der Waals surface area contributed by atoms with E-state index in [1.165, 1.54) is 6.42 Å². The predicted molar refractivity (Wildman–Crippen MR) is 39.7 cm³/mol. The van der Waals surface area contributed by atoms with E-state index in [4.69, 9.17) is 9.47 Å². The van der Waals surface area contributed by atoms with Crippen molar-refractivity contribution in [2.45, 2.75) is 20.3 Å². The van der Waals surface area contributed by atoms with Gasteiger partial charge in [0.25, 0.3) is 0 Å². The maximum atomic E-state index is 5.18. The van der Waals surface area contributed by atoms with E-state index in [1.807, 2.05) is 0 Å². The molecule has 0 bridgehead atoms. The van der Waals surface area contributed by atoms with Crippen LogP contribution in [0.1, 0.15) is 20.3 Å². The summed E-state index contributed by atoms with van der Waals surface area (Å²) in [6, 6.07) is 0. The van der Waals surface area contributed by atoms with Crippen LogP contribution in [0, 0.1) is 11.8 Å². The molecule has 1 saturated heterocycles. The maximum absolute atomic E-state index is 5.18. The Kier molecular flexibility index (Phi) is 3.16. The normalized spacial score (nSPS) is 24.6. The molecule has 1 aliphatic rings. The molecule has 0 spiro atoms. The van der Waals surface area contributed by atoms with E-state index in [1.54, 1.807) is 0 Å². The van der Waals surface area contributed by atoms with Gasteiger partial charge in [-0.1, -0.05) is 20.3 Å². The molecule has 1 aliphatic heterocycles. The molecule has 2 nitrogen and oxygen atoms in total. The summed E-state index contributed by atoms with van der Waals surface area (Å²) in [5.74, 6) is 1.36. The van der Waals surface area contributed by atoms with Crippen LogP contribution in [-0.2, 0) is 9.47 Å². The highest BCUT2D eigenvalue weighted by Gasteiger charge is 2.19. The van der Waals surface area contributed by atoms with Gasteiger partial charge in [-0.3, -0.25) is 0 Å². The van der Waals surface area contributed by atoms with Crippen LogP contribution in [0.5, 0.6) is 0 Å². The monoisotopic (exact) mass is 144 g/mol. The van der Waals surface area contributed by atoms with Gasteiger partial charge in [-0.05, 0) is 5.92 Å². The van der Waals surface area contributed by atoms with Crippen molar-refractivity contribution in [3.63, 3.8) is 0 Å². The van der Waals surface area contributed by atoms with E-state index in [0.717, 1.165) is 19.1 Å². The van der Waals surface area contributed by atoms with Crippen molar-refractivity contribution >= 4 is 0 Å². The third-order valence-corrected chi connectivity index (χ3v) is 2.28. The highest BCUT2D eigenvalue weighted by atomic mass is 16.7. The fourth-order valence-electron chi connectivity index (χ4n) is 1.17. The van der Waals surface area contributed by atoms with Crippen LogP contribution >= 0.6 is 0 Å². The van der Waals surface area contributed by atoms with Gasteiger partial charge in [0.15, 0.2) is 0 Å². The molecule has 1 fully saturated rings. The van der Waals surface area contributed by atoms with Crippen molar-refractivity contribution < 1.29 is 9.47 Å². The molecule has 0 radical (unpaired) electrons. The first-order valence-electron chi connectivity index (χ1n) is 4.00. The summed E-state index contributed by atoms with van der Waals surface area (Å²) in [4.78, 5) is 0. The number of hydrogen-bond acceptors (Lipinski definition) is 2. The molecule has 1 atom stereocenters. The molecule has 0 aromatic heterocycles. The van der Waals surface area contributed by atoms with E-state index in [-0.39, 0.29) is 0 Å². The zero-order chi connectivity index (χ0) is 7.40. The first kappa shape index (κ1) is 8.02. The number of rotatable bonds is 2. The molecule has 1 heterocycles. The largest absolute Gasteiger partial charge is 0.355 e. The first-order chi connectivity index (χ1) is 4.84. The SMILES string of the molecule is CCC(C)C1COCOC1. The Morgan fingerprint density at radius 2 is 2.00 bits per heavy atom. The smallest absolute Gasteiger partial charge is 0.146 e. The maximum Gasteiger partial charge on any atom is 0.146 e. The van der Waals surface area contributed by atoms with Gasteiger partial charge >= 0.3 is 0 Å². The van der Waals surface area contributed by atoms with Crippen molar-refractivity contribution in [3.8, 4) is 0 Å². The first-order valence-corrected chi connectivity index (χ1v) is 4.00. The summed E-state index contributed by atoms with van der Waals surface area (Å²) in [6.07, 6.45) is 1.22. The Balaban J connectivity index is 2.24. The number of ether oxygens (including phenoxy) is 2. The van der Waals surface area contributed by atoms with Crippen LogP contribution in [0.2, 0.25) is 0 Å². The van der Waals surface area contributed by atoms with Crippen LogP contribution in [0.15, 0.2) is 0 Å². The highest BCUT2D eigenvalue weighted by Crippen LogP contribution is 2.18. The molecule has 1 rings (SSSR count). The fraction of sp³-hybridized carbons (Fsp3) is 1.00. The average Bonchev–Trinajstić information content (AvgIpc) is 2.05. The molecule has 1 unspecified atom stereocenters. The molecule has 0 N–H and O–H groups in total. The Bertz CT molecular complexity index is 87.3. The van der Waals surface area contributed by atoms with Crippen LogP contribution < -0.4 is 0 Å². The lowest BCUT2D eigenvalue weighted by molar-refractivity contribution is -0.136. The molecule has 10 heavy (non-hydrogen) atoms. The lowest BCUT2D eigenvalue weighted by Crippen LogP contribution is -2.28. The molecule has 60 valence electrons. The van der Waals surface area contributed by atoms with Crippen LogP contribution in [0.25, 0.3) is 0 Å². The lowest BCUT2D eigenvalue weighted by atomic mass is 9.93. The van der Waals surface area contributed by atoms with Gasteiger partial charge in [0.2, 0.25) is 0 Å². The van der Waals surface area contributed by atoms with Crippen molar-refractivity contribution in [2.24, 2.45) is 11.8 Å². The highest BCUT2D eigenvalue weighted by molar-refractivity contribution is 4.65. The van der Waals surface area contributed by atoms with Crippen molar-refractivity contribution in [3.05, 3.63) is 0 Å². The Morgan fingerprint density at radius 3 is 2.50 bits per heavy atom. The van der Waals surface area contributed by atoms with Crippen molar-refractivity contribution in [1.29, 1.82) is 0 Å². The van der Waals surface area contributed by atoms with Gasteiger partial charge in [-0.2, -0.15) is 0 Å². The Hall–Kier alpha value is -0.0800. The van der Waals surface area contributed by atoms with Gasteiger partial charge in [0.1, 0.15) is 6.79 Å². The average molecular weight is 144 g/mol. The van der Waals surface area contributed by atoms with Gasteiger partial charge in [0, 0.05) is 5.92 Å². The molecule has 0 saturated carbocycles.